The monoisotopic (exact) mass is 448 g/mol. The summed E-state index contributed by atoms with van der Waals surface area (Å²) >= 11 is 5.70. The van der Waals surface area contributed by atoms with E-state index in [9.17, 15) is 4.79 Å². The molecule has 0 unspecified atom stereocenters. The van der Waals surface area contributed by atoms with Gasteiger partial charge < -0.3 is 19.5 Å². The standard InChI is InChI=1S/C25H28N4O2S/c1-17-15-20(18(2)29(17)16-19-9-5-4-6-10-19)24-23(21-11-7-8-13-26-21)27-25(32)28(24)14-12-22(30)31-3/h4-11,13,15,23-24H,12,14,16H2,1-3H3,(H,27,32)/t23-,24-/m1/s1. The molecule has 4 rings (SSSR count). The van der Waals surface area contributed by atoms with E-state index < -0.39 is 0 Å². The highest BCUT2D eigenvalue weighted by molar-refractivity contribution is 7.80. The number of nitrogens with zero attached hydrogens (tertiary/aromatic N) is 3. The number of methoxy groups -OCH3 is 1. The van der Waals surface area contributed by atoms with Gasteiger partial charge in [0.2, 0.25) is 0 Å². The second-order valence-corrected chi connectivity index (χ2v) is 8.43. The lowest BCUT2D eigenvalue weighted by Gasteiger charge is -2.28. The third-order valence-corrected chi connectivity index (χ3v) is 6.45. The average molecular weight is 449 g/mol. The fourth-order valence-electron chi connectivity index (χ4n) is 4.44. The number of esters is 1. The van der Waals surface area contributed by atoms with Gasteiger partial charge in [-0.15, -0.1) is 0 Å². The number of carbonyl (C=O) groups is 1. The molecule has 1 aliphatic rings. The Hall–Kier alpha value is -3.19. The number of ether oxygens (including phenoxy) is 1. The van der Waals surface area contributed by atoms with Crippen LogP contribution in [-0.2, 0) is 16.1 Å². The smallest absolute Gasteiger partial charge is 0.307 e. The molecule has 3 heterocycles. The molecular weight excluding hydrogens is 420 g/mol. The Kier molecular flexibility index (Phi) is 6.55. The molecule has 0 radical (unpaired) electrons. The highest BCUT2D eigenvalue weighted by Gasteiger charge is 2.41. The van der Waals surface area contributed by atoms with Crippen molar-refractivity contribution in [3.8, 4) is 0 Å². The topological polar surface area (TPSA) is 59.4 Å². The van der Waals surface area contributed by atoms with Crippen molar-refractivity contribution in [1.82, 2.24) is 19.8 Å². The molecule has 32 heavy (non-hydrogen) atoms. The quantitative estimate of drug-likeness (QED) is 0.434. The van der Waals surface area contributed by atoms with Gasteiger partial charge in [0.1, 0.15) is 0 Å². The summed E-state index contributed by atoms with van der Waals surface area (Å²) in [5.41, 5.74) is 5.74. The SMILES string of the molecule is COC(=O)CCN1C(=S)N[C@H](c2ccccn2)[C@H]1c1cc(C)n(Cc2ccccc2)c1C. The van der Waals surface area contributed by atoms with Crippen molar-refractivity contribution < 1.29 is 9.53 Å². The molecule has 0 amide bonds. The minimum absolute atomic E-state index is 0.0715. The normalized spacial score (nSPS) is 18.0. The van der Waals surface area contributed by atoms with Crippen LogP contribution in [0.2, 0.25) is 0 Å². The Bertz CT molecular complexity index is 1100. The molecule has 0 bridgehead atoms. The van der Waals surface area contributed by atoms with Gasteiger partial charge >= 0.3 is 5.97 Å². The Morgan fingerprint density at radius 1 is 1.16 bits per heavy atom. The van der Waals surface area contributed by atoms with E-state index in [2.05, 4.69) is 63.9 Å². The third-order valence-electron chi connectivity index (χ3n) is 6.10. The zero-order chi connectivity index (χ0) is 22.7. The third kappa shape index (κ3) is 4.39. The van der Waals surface area contributed by atoms with Crippen LogP contribution in [0.25, 0.3) is 0 Å². The summed E-state index contributed by atoms with van der Waals surface area (Å²) in [6.07, 6.45) is 2.07. The molecular formula is C25H28N4O2S. The molecule has 0 aliphatic carbocycles. The molecule has 1 aliphatic heterocycles. The molecule has 2 atom stereocenters. The molecule has 1 fully saturated rings. The van der Waals surface area contributed by atoms with Gasteiger partial charge in [-0.25, -0.2) is 0 Å². The number of hydrogen-bond acceptors (Lipinski definition) is 4. The van der Waals surface area contributed by atoms with Crippen LogP contribution in [0.15, 0.2) is 60.8 Å². The zero-order valence-corrected chi connectivity index (χ0v) is 19.4. The molecule has 6 nitrogen and oxygen atoms in total. The van der Waals surface area contributed by atoms with E-state index in [0.29, 0.717) is 11.7 Å². The van der Waals surface area contributed by atoms with Crippen LogP contribution in [0.5, 0.6) is 0 Å². The van der Waals surface area contributed by atoms with Crippen LogP contribution >= 0.6 is 12.2 Å². The maximum Gasteiger partial charge on any atom is 0.307 e. The van der Waals surface area contributed by atoms with Gasteiger partial charge in [-0.3, -0.25) is 9.78 Å². The number of aromatic nitrogens is 2. The summed E-state index contributed by atoms with van der Waals surface area (Å²) < 4.78 is 7.20. The predicted octanol–water partition coefficient (Wildman–Crippen LogP) is 4.08. The molecule has 1 N–H and O–H groups in total. The first-order valence-electron chi connectivity index (χ1n) is 10.7. The van der Waals surface area contributed by atoms with Gasteiger partial charge in [0.05, 0.1) is 31.3 Å². The molecule has 166 valence electrons. The van der Waals surface area contributed by atoms with Crippen molar-refractivity contribution in [3.63, 3.8) is 0 Å². The Labute approximate surface area is 194 Å². The number of benzene rings is 1. The fraction of sp³-hybridized carbons (Fsp3) is 0.320. The summed E-state index contributed by atoms with van der Waals surface area (Å²) in [5.74, 6) is -0.248. The number of aryl methyl sites for hydroxylation is 1. The van der Waals surface area contributed by atoms with Crippen molar-refractivity contribution >= 4 is 23.3 Å². The number of nitrogens with one attached hydrogen (secondary N) is 1. The van der Waals surface area contributed by atoms with E-state index in [1.807, 2.05) is 24.3 Å². The van der Waals surface area contributed by atoms with E-state index in [-0.39, 0.29) is 24.5 Å². The van der Waals surface area contributed by atoms with E-state index in [0.717, 1.165) is 12.2 Å². The van der Waals surface area contributed by atoms with Crippen LogP contribution in [0.3, 0.4) is 0 Å². The van der Waals surface area contributed by atoms with Crippen LogP contribution in [0.4, 0.5) is 0 Å². The Morgan fingerprint density at radius 2 is 1.91 bits per heavy atom. The van der Waals surface area contributed by atoms with Gasteiger partial charge in [-0.05, 0) is 55.4 Å². The average Bonchev–Trinajstić information content (AvgIpc) is 3.29. The van der Waals surface area contributed by atoms with Crippen molar-refractivity contribution in [2.75, 3.05) is 13.7 Å². The number of thiocarbonyl (C=S) groups is 1. The second kappa shape index (κ2) is 9.53. The second-order valence-electron chi connectivity index (χ2n) is 8.04. The van der Waals surface area contributed by atoms with Gasteiger partial charge in [-0.2, -0.15) is 0 Å². The van der Waals surface area contributed by atoms with Crippen molar-refractivity contribution in [3.05, 3.63) is 89.0 Å². The van der Waals surface area contributed by atoms with E-state index in [4.69, 9.17) is 17.0 Å². The summed E-state index contributed by atoms with van der Waals surface area (Å²) in [6.45, 7) is 5.57. The van der Waals surface area contributed by atoms with Crippen LogP contribution in [0, 0.1) is 13.8 Å². The maximum atomic E-state index is 11.9. The zero-order valence-electron chi connectivity index (χ0n) is 18.6. The first kappa shape index (κ1) is 22.0. The molecule has 0 saturated carbocycles. The van der Waals surface area contributed by atoms with E-state index in [1.54, 1.807) is 6.20 Å². The van der Waals surface area contributed by atoms with Gasteiger partial charge in [0, 0.05) is 30.7 Å². The first-order valence-corrected chi connectivity index (χ1v) is 11.2. The Balaban J connectivity index is 1.73. The van der Waals surface area contributed by atoms with Gasteiger partial charge in [0.15, 0.2) is 5.11 Å². The number of pyridine rings is 1. The van der Waals surface area contributed by atoms with Crippen molar-refractivity contribution in [2.24, 2.45) is 0 Å². The minimum atomic E-state index is -0.248. The van der Waals surface area contributed by atoms with Crippen molar-refractivity contribution in [2.45, 2.75) is 38.9 Å². The number of hydrogen-bond donors (Lipinski definition) is 1. The van der Waals surface area contributed by atoms with Gasteiger partial charge in [-0.1, -0.05) is 36.4 Å². The molecule has 2 aromatic heterocycles. The minimum Gasteiger partial charge on any atom is -0.469 e. The summed E-state index contributed by atoms with van der Waals surface area (Å²) in [4.78, 5) is 18.6. The van der Waals surface area contributed by atoms with Crippen LogP contribution in [0.1, 0.15) is 46.7 Å². The van der Waals surface area contributed by atoms with Crippen molar-refractivity contribution in [1.29, 1.82) is 0 Å². The largest absolute Gasteiger partial charge is 0.469 e. The van der Waals surface area contributed by atoms with Gasteiger partial charge in [0.25, 0.3) is 0 Å². The van der Waals surface area contributed by atoms with E-state index in [1.165, 1.54) is 29.6 Å². The molecule has 3 aromatic rings. The molecule has 1 aromatic carbocycles. The summed E-state index contributed by atoms with van der Waals surface area (Å²) in [6, 6.07) is 18.4. The predicted molar refractivity (Wildman–Crippen MR) is 128 cm³/mol. The number of carbonyl (C=O) groups excluding carboxylic acids is 1. The molecule has 1 saturated heterocycles. The lowest BCUT2D eigenvalue weighted by atomic mass is 9.96. The van der Waals surface area contributed by atoms with Crippen LogP contribution in [-0.4, -0.2) is 39.2 Å². The number of rotatable bonds is 7. The highest BCUT2D eigenvalue weighted by Crippen LogP contribution is 2.41. The molecule has 0 spiro atoms. The first-order chi connectivity index (χ1) is 15.5. The maximum absolute atomic E-state index is 11.9. The molecule has 7 heteroatoms. The summed E-state index contributed by atoms with van der Waals surface area (Å²) in [7, 11) is 1.41. The van der Waals surface area contributed by atoms with Crippen LogP contribution < -0.4 is 5.32 Å². The lowest BCUT2D eigenvalue weighted by Crippen LogP contribution is -2.32. The van der Waals surface area contributed by atoms with E-state index >= 15 is 0 Å². The Morgan fingerprint density at radius 3 is 2.59 bits per heavy atom. The fourth-order valence-corrected chi connectivity index (χ4v) is 4.77. The highest BCUT2D eigenvalue weighted by atomic mass is 32.1. The lowest BCUT2D eigenvalue weighted by molar-refractivity contribution is -0.140. The summed E-state index contributed by atoms with van der Waals surface area (Å²) in [5, 5.41) is 4.08.